The van der Waals surface area contributed by atoms with E-state index in [-0.39, 0.29) is 17.3 Å². The van der Waals surface area contributed by atoms with Crippen molar-refractivity contribution >= 4 is 5.69 Å². The predicted octanol–water partition coefficient (Wildman–Crippen LogP) is 4.34. The van der Waals surface area contributed by atoms with Gasteiger partial charge in [-0.05, 0) is 48.9 Å². The molecule has 0 fully saturated rings. The van der Waals surface area contributed by atoms with Gasteiger partial charge in [-0.25, -0.2) is 4.39 Å². The Kier molecular flexibility index (Phi) is 4.43. The molecule has 21 heavy (non-hydrogen) atoms. The molecular formula is C18H27FN2. The van der Waals surface area contributed by atoms with Gasteiger partial charge in [0.05, 0.1) is 0 Å². The normalized spacial score (nSPS) is 17.7. The third-order valence-corrected chi connectivity index (χ3v) is 4.31. The number of nitrogens with zero attached hydrogens (tertiary/aromatic N) is 1. The van der Waals surface area contributed by atoms with Gasteiger partial charge in [0.2, 0.25) is 0 Å². The number of nitrogens with two attached hydrogens (primary N) is 1. The number of benzene rings is 1. The Labute approximate surface area is 127 Å². The van der Waals surface area contributed by atoms with E-state index in [1.165, 1.54) is 5.57 Å². The van der Waals surface area contributed by atoms with Crippen LogP contribution in [0.1, 0.15) is 51.3 Å². The molecule has 0 amide bonds. The van der Waals surface area contributed by atoms with E-state index < -0.39 is 0 Å². The molecule has 0 radical (unpaired) electrons. The highest BCUT2D eigenvalue weighted by molar-refractivity contribution is 5.58. The fraction of sp³-hybridized carbons (Fsp3) is 0.556. The zero-order valence-electron chi connectivity index (χ0n) is 13.8. The number of aryl methyl sites for hydroxylation is 1. The minimum absolute atomic E-state index is 0.164. The smallest absolute Gasteiger partial charge is 0.126 e. The molecule has 116 valence electrons. The van der Waals surface area contributed by atoms with Crippen molar-refractivity contribution in [2.24, 2.45) is 11.1 Å². The predicted molar refractivity (Wildman–Crippen MR) is 88.1 cm³/mol. The summed E-state index contributed by atoms with van der Waals surface area (Å²) in [5.74, 6) is -0.172. The summed E-state index contributed by atoms with van der Waals surface area (Å²) in [5.41, 5.74) is 10.4. The first kappa shape index (κ1) is 16.0. The van der Waals surface area contributed by atoms with E-state index in [4.69, 9.17) is 5.73 Å². The number of hydrogen-bond donors (Lipinski definition) is 1. The van der Waals surface area contributed by atoms with Crippen LogP contribution in [0.4, 0.5) is 10.1 Å². The molecule has 0 bridgehead atoms. The highest BCUT2D eigenvalue weighted by Gasteiger charge is 2.23. The standard InChI is InChI=1S/C18H27FN2/c1-12-10-17(15(13(2)20)11-16(12)19)21-8-6-14(7-9-21)18(3,4)5/h6,10-11,13H,7-9,20H2,1-5H3/t13-/m0/s1. The van der Waals surface area contributed by atoms with Crippen LogP contribution in [0, 0.1) is 18.2 Å². The third kappa shape index (κ3) is 3.46. The number of anilines is 1. The highest BCUT2D eigenvalue weighted by atomic mass is 19.1. The zero-order valence-corrected chi connectivity index (χ0v) is 13.8. The Morgan fingerprint density at radius 3 is 2.43 bits per heavy atom. The maximum absolute atomic E-state index is 13.8. The van der Waals surface area contributed by atoms with Crippen molar-refractivity contribution in [2.75, 3.05) is 18.0 Å². The molecule has 3 heteroatoms. The molecule has 0 saturated carbocycles. The highest BCUT2D eigenvalue weighted by Crippen LogP contribution is 2.34. The zero-order chi connectivity index (χ0) is 15.8. The summed E-state index contributed by atoms with van der Waals surface area (Å²) in [6, 6.07) is 3.37. The van der Waals surface area contributed by atoms with Crippen molar-refractivity contribution in [1.82, 2.24) is 0 Å². The van der Waals surface area contributed by atoms with E-state index in [1.807, 2.05) is 19.9 Å². The van der Waals surface area contributed by atoms with Gasteiger partial charge in [0, 0.05) is 24.8 Å². The molecular weight excluding hydrogens is 263 g/mol. The monoisotopic (exact) mass is 290 g/mol. The summed E-state index contributed by atoms with van der Waals surface area (Å²) in [6.07, 6.45) is 3.37. The second-order valence-corrected chi connectivity index (χ2v) is 7.12. The van der Waals surface area contributed by atoms with Crippen LogP contribution in [0.2, 0.25) is 0 Å². The summed E-state index contributed by atoms with van der Waals surface area (Å²) >= 11 is 0. The number of rotatable bonds is 2. The van der Waals surface area contributed by atoms with Gasteiger partial charge in [-0.3, -0.25) is 0 Å². The van der Waals surface area contributed by atoms with Crippen LogP contribution in [-0.4, -0.2) is 13.1 Å². The Hall–Kier alpha value is -1.35. The average Bonchev–Trinajstić information content (AvgIpc) is 2.40. The molecule has 0 unspecified atom stereocenters. The van der Waals surface area contributed by atoms with E-state index in [0.29, 0.717) is 5.56 Å². The lowest BCUT2D eigenvalue weighted by molar-refractivity contribution is 0.472. The van der Waals surface area contributed by atoms with Crippen molar-refractivity contribution in [3.63, 3.8) is 0 Å². The molecule has 1 aromatic carbocycles. The molecule has 0 aromatic heterocycles. The first-order valence-corrected chi connectivity index (χ1v) is 7.70. The number of halogens is 1. The fourth-order valence-corrected chi connectivity index (χ4v) is 2.89. The van der Waals surface area contributed by atoms with Gasteiger partial charge in [0.15, 0.2) is 0 Å². The largest absolute Gasteiger partial charge is 0.367 e. The lowest BCUT2D eigenvalue weighted by Gasteiger charge is -2.35. The lowest BCUT2D eigenvalue weighted by atomic mass is 9.83. The van der Waals surface area contributed by atoms with Crippen molar-refractivity contribution in [1.29, 1.82) is 0 Å². The molecule has 0 aliphatic carbocycles. The molecule has 2 rings (SSSR count). The maximum Gasteiger partial charge on any atom is 0.126 e. The molecule has 2 nitrogen and oxygen atoms in total. The molecule has 1 heterocycles. The summed E-state index contributed by atoms with van der Waals surface area (Å²) in [4.78, 5) is 2.31. The van der Waals surface area contributed by atoms with Crippen LogP contribution in [0.3, 0.4) is 0 Å². The van der Waals surface area contributed by atoms with Crippen molar-refractivity contribution in [3.8, 4) is 0 Å². The van der Waals surface area contributed by atoms with Gasteiger partial charge >= 0.3 is 0 Å². The molecule has 0 spiro atoms. The Morgan fingerprint density at radius 2 is 1.95 bits per heavy atom. The van der Waals surface area contributed by atoms with Crippen LogP contribution >= 0.6 is 0 Å². The minimum Gasteiger partial charge on any atom is -0.367 e. The Morgan fingerprint density at radius 1 is 1.29 bits per heavy atom. The first-order valence-electron chi connectivity index (χ1n) is 7.70. The molecule has 2 N–H and O–H groups in total. The molecule has 1 aromatic rings. The summed E-state index contributed by atoms with van der Waals surface area (Å²) in [7, 11) is 0. The number of hydrogen-bond acceptors (Lipinski definition) is 2. The van der Waals surface area contributed by atoms with Crippen LogP contribution in [-0.2, 0) is 0 Å². The quantitative estimate of drug-likeness (QED) is 0.821. The summed E-state index contributed by atoms with van der Waals surface area (Å²) < 4.78 is 13.8. The van der Waals surface area contributed by atoms with Crippen molar-refractivity contribution in [2.45, 2.75) is 47.1 Å². The first-order chi connectivity index (χ1) is 9.70. The second kappa shape index (κ2) is 5.80. The van der Waals surface area contributed by atoms with Gasteiger partial charge in [0.25, 0.3) is 0 Å². The van der Waals surface area contributed by atoms with Crippen molar-refractivity contribution in [3.05, 3.63) is 40.7 Å². The molecule has 1 aliphatic heterocycles. The Bertz CT molecular complexity index is 553. The Balaban J connectivity index is 2.32. The fourth-order valence-electron chi connectivity index (χ4n) is 2.89. The molecule has 1 aliphatic rings. The van der Waals surface area contributed by atoms with E-state index in [2.05, 4.69) is 31.7 Å². The van der Waals surface area contributed by atoms with Crippen LogP contribution in [0.5, 0.6) is 0 Å². The second-order valence-electron chi connectivity index (χ2n) is 7.12. The lowest BCUT2D eigenvalue weighted by Crippen LogP contribution is -2.32. The SMILES string of the molecule is Cc1cc(N2CC=C(C(C)(C)C)CC2)c([C@H](C)N)cc1F. The van der Waals surface area contributed by atoms with Crippen molar-refractivity contribution < 1.29 is 4.39 Å². The maximum atomic E-state index is 13.8. The third-order valence-electron chi connectivity index (χ3n) is 4.31. The van der Waals surface area contributed by atoms with Crippen LogP contribution in [0.15, 0.2) is 23.8 Å². The van der Waals surface area contributed by atoms with Crippen LogP contribution < -0.4 is 10.6 Å². The van der Waals surface area contributed by atoms with Gasteiger partial charge < -0.3 is 10.6 Å². The van der Waals surface area contributed by atoms with E-state index in [0.717, 1.165) is 30.8 Å². The van der Waals surface area contributed by atoms with Gasteiger partial charge in [-0.1, -0.05) is 32.4 Å². The average molecular weight is 290 g/mol. The van der Waals surface area contributed by atoms with E-state index in [1.54, 1.807) is 6.07 Å². The van der Waals surface area contributed by atoms with Gasteiger partial charge in [-0.15, -0.1) is 0 Å². The molecule has 1 atom stereocenters. The summed E-state index contributed by atoms with van der Waals surface area (Å²) in [5, 5.41) is 0. The van der Waals surface area contributed by atoms with Gasteiger partial charge in [0.1, 0.15) is 5.82 Å². The topological polar surface area (TPSA) is 29.3 Å². The van der Waals surface area contributed by atoms with E-state index >= 15 is 0 Å². The summed E-state index contributed by atoms with van der Waals surface area (Å²) in [6.45, 7) is 12.3. The van der Waals surface area contributed by atoms with Gasteiger partial charge in [-0.2, -0.15) is 0 Å². The van der Waals surface area contributed by atoms with Crippen LogP contribution in [0.25, 0.3) is 0 Å². The minimum atomic E-state index is -0.172. The molecule has 0 saturated heterocycles. The van der Waals surface area contributed by atoms with E-state index in [9.17, 15) is 4.39 Å².